The zero-order valence-corrected chi connectivity index (χ0v) is 7.42. The van der Waals surface area contributed by atoms with Crippen molar-refractivity contribution in [3.63, 3.8) is 0 Å². The molecule has 0 spiro atoms. The summed E-state index contributed by atoms with van der Waals surface area (Å²) in [6.45, 7) is 4.58. The highest BCUT2D eigenvalue weighted by Crippen LogP contribution is 1.93. The summed E-state index contributed by atoms with van der Waals surface area (Å²) in [4.78, 5) is 0. The third kappa shape index (κ3) is 4.77. The van der Waals surface area contributed by atoms with Crippen LogP contribution in [0, 0.1) is 11.3 Å². The van der Waals surface area contributed by atoms with E-state index in [1.807, 2.05) is 6.92 Å². The van der Waals surface area contributed by atoms with Gasteiger partial charge in [-0.1, -0.05) is 6.92 Å². The fourth-order valence-corrected chi connectivity index (χ4v) is 0.876. The SMILES string of the molecule is CCC(COC)NC(C)C#N. The van der Waals surface area contributed by atoms with Crippen molar-refractivity contribution >= 4 is 0 Å². The molecule has 0 bridgehead atoms. The molecule has 0 aromatic carbocycles. The quantitative estimate of drug-likeness (QED) is 0.643. The maximum Gasteiger partial charge on any atom is 0.0927 e. The average Bonchev–Trinajstić information content (AvgIpc) is 2.03. The van der Waals surface area contributed by atoms with Crippen molar-refractivity contribution in [2.24, 2.45) is 0 Å². The Morgan fingerprint density at radius 3 is 2.64 bits per heavy atom. The van der Waals surface area contributed by atoms with Gasteiger partial charge in [0.1, 0.15) is 0 Å². The second-order valence-corrected chi connectivity index (χ2v) is 2.58. The van der Waals surface area contributed by atoms with Gasteiger partial charge in [0.15, 0.2) is 0 Å². The number of rotatable bonds is 5. The molecule has 0 aliphatic heterocycles. The molecule has 0 rings (SSSR count). The van der Waals surface area contributed by atoms with Crippen molar-refractivity contribution < 1.29 is 4.74 Å². The first-order valence-electron chi connectivity index (χ1n) is 3.89. The topological polar surface area (TPSA) is 45.0 Å². The van der Waals surface area contributed by atoms with E-state index >= 15 is 0 Å². The molecule has 0 radical (unpaired) electrons. The van der Waals surface area contributed by atoms with Crippen molar-refractivity contribution in [1.29, 1.82) is 5.26 Å². The summed E-state index contributed by atoms with van der Waals surface area (Å²) in [5, 5.41) is 11.6. The highest BCUT2D eigenvalue weighted by Gasteiger charge is 2.07. The van der Waals surface area contributed by atoms with Crippen LogP contribution in [0.25, 0.3) is 0 Å². The Labute approximate surface area is 68.3 Å². The van der Waals surface area contributed by atoms with Gasteiger partial charge in [-0.15, -0.1) is 0 Å². The Balaban J connectivity index is 3.60. The van der Waals surface area contributed by atoms with Gasteiger partial charge in [-0.2, -0.15) is 5.26 Å². The van der Waals surface area contributed by atoms with Crippen LogP contribution in [0.2, 0.25) is 0 Å². The van der Waals surface area contributed by atoms with Gasteiger partial charge < -0.3 is 4.74 Å². The van der Waals surface area contributed by atoms with Gasteiger partial charge >= 0.3 is 0 Å². The summed E-state index contributed by atoms with van der Waals surface area (Å²) >= 11 is 0. The van der Waals surface area contributed by atoms with E-state index in [1.165, 1.54) is 0 Å². The van der Waals surface area contributed by atoms with Crippen molar-refractivity contribution in [3.8, 4) is 6.07 Å². The van der Waals surface area contributed by atoms with E-state index in [2.05, 4.69) is 18.3 Å². The molecule has 1 N–H and O–H groups in total. The van der Waals surface area contributed by atoms with E-state index in [1.54, 1.807) is 7.11 Å². The van der Waals surface area contributed by atoms with Gasteiger partial charge in [-0.25, -0.2) is 0 Å². The molecule has 2 atom stereocenters. The summed E-state index contributed by atoms with van der Waals surface area (Å²) in [6, 6.07) is 2.33. The first-order valence-corrected chi connectivity index (χ1v) is 3.89. The van der Waals surface area contributed by atoms with Crippen LogP contribution >= 0.6 is 0 Å². The fourth-order valence-electron chi connectivity index (χ4n) is 0.876. The average molecular weight is 156 g/mol. The van der Waals surface area contributed by atoms with Crippen molar-refractivity contribution in [3.05, 3.63) is 0 Å². The molecule has 0 amide bonds. The second kappa shape index (κ2) is 6.14. The number of hydrogen-bond acceptors (Lipinski definition) is 3. The number of nitrogens with one attached hydrogen (secondary N) is 1. The molecule has 0 aliphatic rings. The molecule has 0 saturated carbocycles. The third-order valence-corrected chi connectivity index (χ3v) is 1.54. The minimum Gasteiger partial charge on any atom is -0.383 e. The molecule has 0 aromatic rings. The summed E-state index contributed by atoms with van der Waals surface area (Å²) in [5.74, 6) is 0. The normalized spacial score (nSPS) is 15.5. The van der Waals surface area contributed by atoms with E-state index in [4.69, 9.17) is 10.00 Å². The van der Waals surface area contributed by atoms with E-state index in [0.29, 0.717) is 12.6 Å². The van der Waals surface area contributed by atoms with Crippen LogP contribution in [0.3, 0.4) is 0 Å². The number of nitriles is 1. The molecule has 0 aliphatic carbocycles. The molecule has 3 nitrogen and oxygen atoms in total. The van der Waals surface area contributed by atoms with Crippen LogP contribution in [0.1, 0.15) is 20.3 Å². The summed E-state index contributed by atoms with van der Waals surface area (Å²) < 4.78 is 4.97. The zero-order chi connectivity index (χ0) is 8.69. The van der Waals surface area contributed by atoms with Crippen molar-refractivity contribution in [2.45, 2.75) is 32.4 Å². The Hall–Kier alpha value is -0.590. The van der Waals surface area contributed by atoms with Gasteiger partial charge in [0.05, 0.1) is 18.7 Å². The first kappa shape index (κ1) is 10.4. The number of ether oxygens (including phenoxy) is 1. The van der Waals surface area contributed by atoms with Crippen molar-refractivity contribution in [1.82, 2.24) is 5.32 Å². The Morgan fingerprint density at radius 1 is 1.64 bits per heavy atom. The fraction of sp³-hybridized carbons (Fsp3) is 0.875. The lowest BCUT2D eigenvalue weighted by molar-refractivity contribution is 0.162. The van der Waals surface area contributed by atoms with Gasteiger partial charge in [0.2, 0.25) is 0 Å². The standard InChI is InChI=1S/C8H16N2O/c1-4-8(6-11-3)10-7(2)5-9/h7-8,10H,4,6H2,1-3H3. The van der Waals surface area contributed by atoms with Crippen LogP contribution < -0.4 is 5.32 Å². The summed E-state index contributed by atoms with van der Waals surface area (Å²) in [6.07, 6.45) is 0.986. The second-order valence-electron chi connectivity index (χ2n) is 2.58. The van der Waals surface area contributed by atoms with Crippen LogP contribution in [0.4, 0.5) is 0 Å². The molecule has 2 unspecified atom stereocenters. The van der Waals surface area contributed by atoms with Crippen LogP contribution in [-0.2, 0) is 4.74 Å². The van der Waals surface area contributed by atoms with Crippen LogP contribution in [0.15, 0.2) is 0 Å². The summed E-state index contributed by atoms with van der Waals surface area (Å²) in [5.41, 5.74) is 0. The lowest BCUT2D eigenvalue weighted by Gasteiger charge is -2.16. The number of methoxy groups -OCH3 is 1. The van der Waals surface area contributed by atoms with Gasteiger partial charge in [-0.3, -0.25) is 5.32 Å². The molecule has 64 valence electrons. The van der Waals surface area contributed by atoms with E-state index < -0.39 is 0 Å². The highest BCUT2D eigenvalue weighted by molar-refractivity contribution is 4.87. The monoisotopic (exact) mass is 156 g/mol. The molecular formula is C8H16N2O. The largest absolute Gasteiger partial charge is 0.383 e. The molecule has 0 heterocycles. The molecule has 3 heteroatoms. The maximum atomic E-state index is 8.49. The number of hydrogen-bond donors (Lipinski definition) is 1. The molecule has 0 fully saturated rings. The Kier molecular flexibility index (Phi) is 5.81. The van der Waals surface area contributed by atoms with E-state index in [9.17, 15) is 0 Å². The lowest BCUT2D eigenvalue weighted by atomic mass is 10.2. The zero-order valence-electron chi connectivity index (χ0n) is 7.42. The minimum absolute atomic E-state index is 0.0879. The van der Waals surface area contributed by atoms with E-state index in [0.717, 1.165) is 6.42 Å². The first-order chi connectivity index (χ1) is 5.24. The Bertz CT molecular complexity index is 131. The predicted molar refractivity (Wildman–Crippen MR) is 44.2 cm³/mol. The Morgan fingerprint density at radius 2 is 2.27 bits per heavy atom. The predicted octanol–water partition coefficient (Wildman–Crippen LogP) is 0.913. The lowest BCUT2D eigenvalue weighted by Crippen LogP contribution is -2.38. The van der Waals surface area contributed by atoms with Crippen molar-refractivity contribution in [2.75, 3.05) is 13.7 Å². The number of nitrogens with zero attached hydrogens (tertiary/aromatic N) is 1. The summed E-state index contributed by atoms with van der Waals surface area (Å²) in [7, 11) is 1.67. The maximum absolute atomic E-state index is 8.49. The highest BCUT2D eigenvalue weighted by atomic mass is 16.5. The smallest absolute Gasteiger partial charge is 0.0927 e. The van der Waals surface area contributed by atoms with Crippen LogP contribution in [-0.4, -0.2) is 25.8 Å². The molecular weight excluding hydrogens is 140 g/mol. The van der Waals surface area contributed by atoms with Gasteiger partial charge in [0, 0.05) is 13.2 Å². The third-order valence-electron chi connectivity index (χ3n) is 1.54. The van der Waals surface area contributed by atoms with Crippen LogP contribution in [0.5, 0.6) is 0 Å². The van der Waals surface area contributed by atoms with Gasteiger partial charge in [-0.05, 0) is 13.3 Å². The molecule has 11 heavy (non-hydrogen) atoms. The molecule has 0 saturated heterocycles. The van der Waals surface area contributed by atoms with E-state index in [-0.39, 0.29) is 6.04 Å². The molecule has 0 aromatic heterocycles. The minimum atomic E-state index is -0.0879. The van der Waals surface area contributed by atoms with Gasteiger partial charge in [0.25, 0.3) is 0 Å².